The Labute approximate surface area is 173 Å². The van der Waals surface area contributed by atoms with Crippen molar-refractivity contribution in [3.63, 3.8) is 0 Å². The predicted octanol–water partition coefficient (Wildman–Crippen LogP) is 7.17. The Morgan fingerprint density at radius 1 is 1.00 bits per heavy atom. The molecule has 0 amide bonds. The molecule has 0 saturated heterocycles. The van der Waals surface area contributed by atoms with E-state index in [0.717, 1.165) is 24.0 Å². The summed E-state index contributed by atoms with van der Waals surface area (Å²) in [5.41, 5.74) is 3.63. The molecular formula is C25H31ClO2. The molecular weight excluding hydrogens is 368 g/mol. The number of rotatable bonds is 4. The van der Waals surface area contributed by atoms with Crippen molar-refractivity contribution in [2.24, 2.45) is 11.8 Å². The van der Waals surface area contributed by atoms with Crippen LogP contribution in [0.4, 0.5) is 0 Å². The maximum atomic E-state index is 11.0. The number of benzene rings is 2. The third kappa shape index (κ3) is 3.93. The van der Waals surface area contributed by atoms with Crippen LogP contribution in [0.25, 0.3) is 0 Å². The summed E-state index contributed by atoms with van der Waals surface area (Å²) in [6.45, 7) is 10.8. The standard InChI is InChI=1S/C25H31ClO2/c1-15(2)20-11-6-16(3)12-21(20)24-22(27)13-18(14-23(24)28)25(4,5)17-7-9-19(26)10-8-17/h6-10,13-15,20-21,27-28H,11-12H2,1-5H3/t20-,21+/m0/s1. The lowest BCUT2D eigenvalue weighted by atomic mass is 9.70. The van der Waals surface area contributed by atoms with Gasteiger partial charge in [-0.05, 0) is 72.9 Å². The summed E-state index contributed by atoms with van der Waals surface area (Å²) >= 11 is 6.03. The normalized spacial score (nSPS) is 20.3. The molecule has 0 spiro atoms. The third-order valence-corrected chi connectivity index (χ3v) is 6.70. The molecule has 2 aromatic rings. The number of allylic oxidation sites excluding steroid dienone is 2. The zero-order chi connectivity index (χ0) is 20.6. The van der Waals surface area contributed by atoms with Crippen LogP contribution in [-0.4, -0.2) is 10.2 Å². The third-order valence-electron chi connectivity index (χ3n) is 6.45. The number of hydrogen-bond donors (Lipinski definition) is 2. The van der Waals surface area contributed by atoms with Gasteiger partial charge in [-0.15, -0.1) is 0 Å². The van der Waals surface area contributed by atoms with Gasteiger partial charge in [-0.25, -0.2) is 0 Å². The van der Waals surface area contributed by atoms with Crippen LogP contribution in [0.2, 0.25) is 5.02 Å². The molecule has 1 aliphatic carbocycles. The van der Waals surface area contributed by atoms with E-state index in [9.17, 15) is 10.2 Å². The summed E-state index contributed by atoms with van der Waals surface area (Å²) in [5, 5.41) is 22.6. The fraction of sp³-hybridized carbons (Fsp3) is 0.440. The number of aromatic hydroxyl groups is 2. The SMILES string of the molecule is CC1=CC[C@@H](C(C)C)[C@H](c2c(O)cc(C(C)(C)c3ccc(Cl)cc3)cc2O)C1. The van der Waals surface area contributed by atoms with Gasteiger partial charge in [0.15, 0.2) is 0 Å². The van der Waals surface area contributed by atoms with Crippen LogP contribution in [0, 0.1) is 11.8 Å². The highest BCUT2D eigenvalue weighted by Gasteiger charge is 2.34. The highest BCUT2D eigenvalue weighted by atomic mass is 35.5. The van der Waals surface area contributed by atoms with Crippen molar-refractivity contribution in [1.29, 1.82) is 0 Å². The predicted molar refractivity (Wildman–Crippen MR) is 117 cm³/mol. The molecule has 2 aromatic carbocycles. The summed E-state index contributed by atoms with van der Waals surface area (Å²) in [6.07, 6.45) is 4.17. The number of phenols is 2. The number of halogens is 1. The summed E-state index contributed by atoms with van der Waals surface area (Å²) in [5.74, 6) is 1.43. The van der Waals surface area contributed by atoms with E-state index in [1.807, 2.05) is 36.4 Å². The van der Waals surface area contributed by atoms with Gasteiger partial charge >= 0.3 is 0 Å². The quantitative estimate of drug-likeness (QED) is 0.535. The summed E-state index contributed by atoms with van der Waals surface area (Å²) in [4.78, 5) is 0. The maximum Gasteiger partial charge on any atom is 0.123 e. The van der Waals surface area contributed by atoms with Crippen molar-refractivity contribution >= 4 is 11.6 Å². The molecule has 0 aromatic heterocycles. The molecule has 150 valence electrons. The van der Waals surface area contributed by atoms with Gasteiger partial charge in [0.05, 0.1) is 0 Å². The molecule has 2 nitrogen and oxygen atoms in total. The van der Waals surface area contributed by atoms with Gasteiger partial charge in [0.25, 0.3) is 0 Å². The van der Waals surface area contributed by atoms with Crippen molar-refractivity contribution < 1.29 is 10.2 Å². The first-order valence-electron chi connectivity index (χ1n) is 10.1. The average molecular weight is 399 g/mol. The van der Waals surface area contributed by atoms with Crippen molar-refractivity contribution in [3.05, 3.63) is 69.8 Å². The van der Waals surface area contributed by atoms with Crippen molar-refractivity contribution in [3.8, 4) is 11.5 Å². The first kappa shape index (κ1) is 20.8. The van der Waals surface area contributed by atoms with Gasteiger partial charge < -0.3 is 10.2 Å². The molecule has 0 unspecified atom stereocenters. The Morgan fingerprint density at radius 2 is 1.57 bits per heavy atom. The molecule has 0 heterocycles. The number of hydrogen-bond acceptors (Lipinski definition) is 2. The zero-order valence-corrected chi connectivity index (χ0v) is 18.2. The molecule has 0 bridgehead atoms. The molecule has 0 aliphatic heterocycles. The summed E-state index contributed by atoms with van der Waals surface area (Å²) in [7, 11) is 0. The van der Waals surface area contributed by atoms with Crippen LogP contribution >= 0.6 is 11.6 Å². The monoisotopic (exact) mass is 398 g/mol. The van der Waals surface area contributed by atoms with E-state index in [1.165, 1.54) is 5.57 Å². The molecule has 0 fully saturated rings. The molecule has 2 N–H and O–H groups in total. The molecule has 28 heavy (non-hydrogen) atoms. The second-order valence-corrected chi connectivity index (χ2v) is 9.50. The second-order valence-electron chi connectivity index (χ2n) is 9.06. The fourth-order valence-electron chi connectivity index (χ4n) is 4.53. The Balaban J connectivity index is 2.03. The minimum absolute atomic E-state index is 0.137. The van der Waals surface area contributed by atoms with E-state index in [-0.39, 0.29) is 22.8 Å². The summed E-state index contributed by atoms with van der Waals surface area (Å²) < 4.78 is 0. The topological polar surface area (TPSA) is 40.5 Å². The van der Waals surface area contributed by atoms with Gasteiger partial charge in [0.2, 0.25) is 0 Å². The number of phenolic OH excluding ortho intramolecular Hbond substituents is 2. The Hall–Kier alpha value is -1.93. The zero-order valence-electron chi connectivity index (χ0n) is 17.5. The molecule has 0 radical (unpaired) electrons. The Bertz CT molecular complexity index is 855. The van der Waals surface area contributed by atoms with Crippen LogP contribution in [0.5, 0.6) is 11.5 Å². The molecule has 1 aliphatic rings. The smallest absolute Gasteiger partial charge is 0.123 e. The lowest BCUT2D eigenvalue weighted by Gasteiger charge is -2.35. The molecule has 3 heteroatoms. The van der Waals surface area contributed by atoms with Gasteiger partial charge in [-0.1, -0.05) is 63.1 Å². The first-order chi connectivity index (χ1) is 13.1. The molecule has 3 rings (SSSR count). The first-order valence-corrected chi connectivity index (χ1v) is 10.5. The largest absolute Gasteiger partial charge is 0.508 e. The maximum absolute atomic E-state index is 11.0. The Kier molecular flexibility index (Phi) is 5.82. The van der Waals surface area contributed by atoms with E-state index in [2.05, 4.69) is 40.7 Å². The van der Waals surface area contributed by atoms with Crippen molar-refractivity contribution in [2.75, 3.05) is 0 Å². The highest BCUT2D eigenvalue weighted by molar-refractivity contribution is 6.30. The van der Waals surface area contributed by atoms with E-state index in [0.29, 0.717) is 22.4 Å². The van der Waals surface area contributed by atoms with Crippen LogP contribution in [0.15, 0.2) is 48.0 Å². The lowest BCUT2D eigenvalue weighted by Crippen LogP contribution is -2.23. The molecule has 0 saturated carbocycles. The van der Waals surface area contributed by atoms with Gasteiger partial charge in [-0.2, -0.15) is 0 Å². The van der Waals surface area contributed by atoms with Crippen molar-refractivity contribution in [2.45, 2.75) is 58.8 Å². The molecule has 2 atom stereocenters. The second kappa shape index (κ2) is 7.83. The average Bonchev–Trinajstić information content (AvgIpc) is 2.61. The van der Waals surface area contributed by atoms with E-state index >= 15 is 0 Å². The van der Waals surface area contributed by atoms with Crippen LogP contribution in [-0.2, 0) is 5.41 Å². The minimum Gasteiger partial charge on any atom is -0.508 e. The van der Waals surface area contributed by atoms with Crippen molar-refractivity contribution in [1.82, 2.24) is 0 Å². The van der Waals surface area contributed by atoms with E-state index in [4.69, 9.17) is 11.6 Å². The van der Waals surface area contributed by atoms with Crippen LogP contribution in [0.1, 0.15) is 70.1 Å². The highest BCUT2D eigenvalue weighted by Crippen LogP contribution is 2.49. The fourth-order valence-corrected chi connectivity index (χ4v) is 4.66. The van der Waals surface area contributed by atoms with Gasteiger partial charge in [0.1, 0.15) is 11.5 Å². The minimum atomic E-state index is -0.363. The Morgan fingerprint density at radius 3 is 2.11 bits per heavy atom. The lowest BCUT2D eigenvalue weighted by molar-refractivity contribution is 0.292. The van der Waals surface area contributed by atoms with Gasteiger partial charge in [-0.3, -0.25) is 0 Å². The van der Waals surface area contributed by atoms with Gasteiger partial charge in [0, 0.05) is 16.0 Å². The van der Waals surface area contributed by atoms with Crippen LogP contribution in [0.3, 0.4) is 0 Å². The summed E-state index contributed by atoms with van der Waals surface area (Å²) in [6, 6.07) is 11.4. The van der Waals surface area contributed by atoms with Crippen LogP contribution < -0.4 is 0 Å². The van der Waals surface area contributed by atoms with E-state index < -0.39 is 0 Å². The van der Waals surface area contributed by atoms with E-state index in [1.54, 1.807) is 0 Å².